The molecule has 2 aromatic heterocycles. The molecule has 41 heavy (non-hydrogen) atoms. The van der Waals surface area contributed by atoms with Gasteiger partial charge >= 0.3 is 13.7 Å². The molecule has 0 amide bonds. The molecule has 14 nitrogen and oxygen atoms in total. The van der Waals surface area contributed by atoms with Crippen molar-refractivity contribution in [3.05, 3.63) is 53.4 Å². The van der Waals surface area contributed by atoms with Gasteiger partial charge in [-0.3, -0.25) is 9.32 Å². The third-order valence-corrected chi connectivity index (χ3v) is 8.37. The molecule has 5 N–H and O–H groups in total. The maximum atomic E-state index is 13.9. The number of anilines is 1. The number of esters is 1. The maximum absolute atomic E-state index is 13.9. The van der Waals surface area contributed by atoms with E-state index in [0.29, 0.717) is 10.5 Å². The Morgan fingerprint density at radius 3 is 2.63 bits per heavy atom. The summed E-state index contributed by atoms with van der Waals surface area (Å²) in [6, 6.07) is 9.69. The Balaban J connectivity index is 1.62. The highest BCUT2D eigenvalue weighted by Crippen LogP contribution is 2.50. The van der Waals surface area contributed by atoms with Crippen molar-refractivity contribution in [2.75, 3.05) is 12.3 Å². The van der Waals surface area contributed by atoms with E-state index in [1.54, 1.807) is 13.8 Å². The van der Waals surface area contributed by atoms with Gasteiger partial charge < -0.3 is 29.9 Å². The molecule has 0 saturated carbocycles. The van der Waals surface area contributed by atoms with Gasteiger partial charge in [0.05, 0.1) is 18.4 Å². The lowest BCUT2D eigenvalue weighted by Gasteiger charge is -2.33. The number of nitrogen functional groups attached to an aromatic ring is 1. The van der Waals surface area contributed by atoms with Gasteiger partial charge in [0.25, 0.3) is 0 Å². The number of halogens is 1. The second-order valence-corrected chi connectivity index (χ2v) is 12.0. The van der Waals surface area contributed by atoms with Crippen molar-refractivity contribution in [1.29, 1.82) is 5.26 Å². The van der Waals surface area contributed by atoms with E-state index in [1.807, 2.05) is 6.07 Å². The zero-order valence-electron chi connectivity index (χ0n) is 22.6. The molecule has 16 heteroatoms. The van der Waals surface area contributed by atoms with Crippen LogP contribution in [0.2, 0.25) is 5.02 Å². The molecule has 0 aliphatic carbocycles. The number of aromatic nitrogens is 3. The number of aliphatic hydroxyl groups excluding tert-OH is 1. The van der Waals surface area contributed by atoms with Gasteiger partial charge in [-0.25, -0.2) is 14.1 Å². The van der Waals surface area contributed by atoms with Gasteiger partial charge in [-0.1, -0.05) is 11.6 Å². The van der Waals surface area contributed by atoms with E-state index >= 15 is 0 Å². The number of nitriles is 1. The molecule has 1 aliphatic rings. The number of aliphatic hydroxyl groups is 2. The normalized spacial score (nSPS) is 26.4. The first kappa shape index (κ1) is 30.7. The van der Waals surface area contributed by atoms with Crippen molar-refractivity contribution in [3.8, 4) is 11.8 Å². The van der Waals surface area contributed by atoms with Crippen LogP contribution in [-0.2, 0) is 29.0 Å². The van der Waals surface area contributed by atoms with Crippen LogP contribution in [0.3, 0.4) is 0 Å². The Morgan fingerprint density at radius 1 is 1.32 bits per heavy atom. The zero-order valence-corrected chi connectivity index (χ0v) is 24.2. The van der Waals surface area contributed by atoms with Crippen LogP contribution in [0.4, 0.5) is 5.82 Å². The Bertz CT molecular complexity index is 1510. The predicted molar refractivity (Wildman–Crippen MR) is 146 cm³/mol. The fraction of sp³-hybridized carbons (Fsp3) is 0.440. The van der Waals surface area contributed by atoms with E-state index in [2.05, 4.69) is 15.2 Å². The molecular formula is C25H30ClN6O8P. The largest absolute Gasteiger partial charge is 0.462 e. The van der Waals surface area contributed by atoms with Gasteiger partial charge in [0.2, 0.25) is 5.60 Å². The fourth-order valence-electron chi connectivity index (χ4n) is 4.36. The summed E-state index contributed by atoms with van der Waals surface area (Å²) in [6.45, 7) is 5.31. The molecule has 3 aromatic rings. The molecule has 0 spiro atoms. The van der Waals surface area contributed by atoms with Crippen molar-refractivity contribution < 1.29 is 38.1 Å². The third-order valence-electron chi connectivity index (χ3n) is 6.47. The van der Waals surface area contributed by atoms with Crippen molar-refractivity contribution in [2.45, 2.75) is 63.3 Å². The number of hydrogen-bond acceptors (Lipinski definition) is 12. The second-order valence-electron chi connectivity index (χ2n) is 9.88. The molecular weight excluding hydrogens is 579 g/mol. The van der Waals surface area contributed by atoms with Gasteiger partial charge in [-0.2, -0.15) is 15.4 Å². The summed E-state index contributed by atoms with van der Waals surface area (Å²) < 4.78 is 37.5. The van der Waals surface area contributed by atoms with E-state index in [-0.39, 0.29) is 17.3 Å². The molecule has 220 valence electrons. The average Bonchev–Trinajstić information content (AvgIpc) is 3.42. The predicted octanol–water partition coefficient (Wildman–Crippen LogP) is 2.33. The second kappa shape index (κ2) is 11.5. The summed E-state index contributed by atoms with van der Waals surface area (Å²) in [5, 5.41) is 39.8. The minimum absolute atomic E-state index is 0.0689. The molecule has 3 heterocycles. The lowest BCUT2D eigenvalue weighted by molar-refractivity contribution is -0.149. The summed E-state index contributed by atoms with van der Waals surface area (Å²) in [5.41, 5.74) is 1.97. The lowest BCUT2D eigenvalue weighted by Crippen LogP contribution is -2.52. The number of carbonyl (C=O) groups excluding carboxylic acids is 1. The Kier molecular flexibility index (Phi) is 8.63. The first-order valence-electron chi connectivity index (χ1n) is 12.5. The van der Waals surface area contributed by atoms with E-state index in [4.69, 9.17) is 35.9 Å². The van der Waals surface area contributed by atoms with Gasteiger partial charge in [-0.15, -0.1) is 0 Å². The number of nitrogens with zero attached hydrogens (tertiary/aromatic N) is 4. The minimum atomic E-state index is -4.38. The van der Waals surface area contributed by atoms with Crippen LogP contribution in [0.15, 0.2) is 42.7 Å². The SMILES string of the molecule is CC(C)OC(=O)[C@H](C)NP(=O)(OC[C@H]1O[C@@](C#N)(c2ccc3c(N)ncnn23)[C@](C)(O)[C@@H]1O)Oc1ccc(Cl)cc1. The smallest absolute Gasteiger partial charge is 0.459 e. The highest BCUT2D eigenvalue weighted by atomic mass is 35.5. The number of benzene rings is 1. The molecule has 6 atom stereocenters. The van der Waals surface area contributed by atoms with Gasteiger partial charge in [0.15, 0.2) is 5.82 Å². The van der Waals surface area contributed by atoms with Crippen LogP contribution in [0.1, 0.15) is 33.4 Å². The summed E-state index contributed by atoms with van der Waals surface area (Å²) in [5.74, 6) is -0.500. The van der Waals surface area contributed by atoms with Crippen LogP contribution in [0, 0.1) is 11.3 Å². The van der Waals surface area contributed by atoms with E-state index in [0.717, 1.165) is 0 Å². The Hall–Kier alpha value is -3.28. The molecule has 1 fully saturated rings. The third kappa shape index (κ3) is 5.89. The first-order valence-corrected chi connectivity index (χ1v) is 14.4. The Morgan fingerprint density at radius 2 is 2.00 bits per heavy atom. The van der Waals surface area contributed by atoms with E-state index < -0.39 is 55.9 Å². The van der Waals surface area contributed by atoms with E-state index in [9.17, 15) is 24.8 Å². The van der Waals surface area contributed by atoms with Crippen LogP contribution in [0.25, 0.3) is 5.52 Å². The molecule has 1 aliphatic heterocycles. The molecule has 0 radical (unpaired) electrons. The first-order chi connectivity index (χ1) is 19.2. The van der Waals surface area contributed by atoms with Crippen LogP contribution in [-0.4, -0.2) is 67.3 Å². The Labute approximate surface area is 240 Å². The van der Waals surface area contributed by atoms with Crippen molar-refractivity contribution >= 4 is 36.7 Å². The van der Waals surface area contributed by atoms with Crippen LogP contribution < -0.4 is 15.3 Å². The topological polar surface area (TPSA) is 204 Å². The molecule has 1 aromatic carbocycles. The van der Waals surface area contributed by atoms with Crippen molar-refractivity contribution in [1.82, 2.24) is 19.7 Å². The summed E-state index contributed by atoms with van der Waals surface area (Å²) >= 11 is 5.93. The van der Waals surface area contributed by atoms with Gasteiger partial charge in [0.1, 0.15) is 47.5 Å². The number of rotatable bonds is 10. The summed E-state index contributed by atoms with van der Waals surface area (Å²) in [6.07, 6.45) is -2.37. The monoisotopic (exact) mass is 608 g/mol. The number of ether oxygens (including phenoxy) is 2. The fourth-order valence-corrected chi connectivity index (χ4v) is 5.99. The standard InChI is InChI=1S/C25H30ClN6O8P/c1-14(2)38-23(34)15(3)31-41(36,40-17-7-5-16(26)6-8-17)37-11-19-21(33)24(4,35)25(12-27,39-19)20-10-9-18-22(28)29-13-30-32(18)20/h5-10,13-15,19,21,33,35H,11H2,1-4H3,(H,31,36)(H2,28,29,30)/t15-,19+,21+,24+,25-,41?/m0/s1. The highest BCUT2D eigenvalue weighted by molar-refractivity contribution is 7.52. The zero-order chi connectivity index (χ0) is 30.2. The van der Waals surface area contributed by atoms with Crippen LogP contribution >= 0.6 is 19.3 Å². The van der Waals surface area contributed by atoms with Crippen LogP contribution in [0.5, 0.6) is 5.75 Å². The molecule has 0 bridgehead atoms. The number of nitrogens with one attached hydrogen (secondary N) is 1. The minimum Gasteiger partial charge on any atom is -0.462 e. The maximum Gasteiger partial charge on any atom is 0.459 e. The average molecular weight is 609 g/mol. The van der Waals surface area contributed by atoms with Gasteiger partial charge in [-0.05, 0) is 64.1 Å². The number of hydrogen-bond donors (Lipinski definition) is 4. The summed E-state index contributed by atoms with van der Waals surface area (Å²) in [4.78, 5) is 16.3. The quantitative estimate of drug-likeness (QED) is 0.193. The number of nitrogens with two attached hydrogens (primary N) is 1. The summed E-state index contributed by atoms with van der Waals surface area (Å²) in [7, 11) is -4.38. The van der Waals surface area contributed by atoms with Crippen molar-refractivity contribution in [2.24, 2.45) is 0 Å². The molecule has 1 saturated heterocycles. The van der Waals surface area contributed by atoms with Gasteiger partial charge in [0, 0.05) is 5.02 Å². The molecule has 4 rings (SSSR count). The molecule has 1 unspecified atom stereocenters. The highest BCUT2D eigenvalue weighted by Gasteiger charge is 2.65. The number of carbonyl (C=O) groups is 1. The lowest BCUT2D eigenvalue weighted by atomic mass is 9.80. The van der Waals surface area contributed by atoms with Crippen molar-refractivity contribution in [3.63, 3.8) is 0 Å². The number of fused-ring (bicyclic) bond motifs is 1. The van der Waals surface area contributed by atoms with E-state index in [1.165, 1.54) is 61.1 Å².